The quantitative estimate of drug-likeness (QED) is 0.507. The molecule has 104 valence electrons. The van der Waals surface area contributed by atoms with Crippen LogP contribution in [0.3, 0.4) is 0 Å². The highest BCUT2D eigenvalue weighted by Crippen LogP contribution is 2.20. The van der Waals surface area contributed by atoms with Crippen LogP contribution in [0.5, 0.6) is 0 Å². The van der Waals surface area contributed by atoms with Gasteiger partial charge in [0.25, 0.3) is 5.91 Å². The van der Waals surface area contributed by atoms with Crippen molar-refractivity contribution in [3.63, 3.8) is 0 Å². The summed E-state index contributed by atoms with van der Waals surface area (Å²) in [6.07, 6.45) is 1.07. The summed E-state index contributed by atoms with van der Waals surface area (Å²) in [5.74, 6) is 4.78. The van der Waals surface area contributed by atoms with Crippen molar-refractivity contribution in [2.75, 3.05) is 6.54 Å². The Hall–Kier alpha value is -1.76. The molecule has 1 aliphatic heterocycles. The van der Waals surface area contributed by atoms with Gasteiger partial charge >= 0.3 is 0 Å². The van der Waals surface area contributed by atoms with Crippen LogP contribution in [0.1, 0.15) is 26.6 Å². The zero-order valence-electron chi connectivity index (χ0n) is 11.0. The summed E-state index contributed by atoms with van der Waals surface area (Å²) >= 11 is 1.33. The lowest BCUT2D eigenvalue weighted by molar-refractivity contribution is 0.0953. The predicted octanol–water partition coefficient (Wildman–Crippen LogP) is 1.30. The average molecular weight is 288 g/mol. The normalized spacial score (nSPS) is 14.8. The maximum Gasteiger partial charge on any atom is 0.294 e. The minimum atomic E-state index is -0.328. The van der Waals surface area contributed by atoms with Crippen LogP contribution in [0, 0.1) is 0 Å². The van der Waals surface area contributed by atoms with Crippen LogP contribution in [-0.4, -0.2) is 22.3 Å². The standard InChI is InChI=1S/C14H16N4OS/c15-17-13(19)14-16-12(9-20-14)8-18-6-5-10-3-1-2-4-11(10)7-18/h1-4,9H,5-8,15H2,(H,17,19). The van der Waals surface area contributed by atoms with Gasteiger partial charge in [0, 0.05) is 25.0 Å². The van der Waals surface area contributed by atoms with E-state index in [-0.39, 0.29) is 5.91 Å². The molecule has 0 unspecified atom stereocenters. The van der Waals surface area contributed by atoms with E-state index in [4.69, 9.17) is 5.84 Å². The molecule has 20 heavy (non-hydrogen) atoms. The SMILES string of the molecule is NNC(=O)c1nc(CN2CCc3ccccc3C2)cs1. The number of carbonyl (C=O) groups excluding carboxylic acids is 1. The largest absolute Gasteiger partial charge is 0.294 e. The van der Waals surface area contributed by atoms with E-state index in [0.29, 0.717) is 5.01 Å². The van der Waals surface area contributed by atoms with Crippen LogP contribution >= 0.6 is 11.3 Å². The summed E-state index contributed by atoms with van der Waals surface area (Å²) in [5.41, 5.74) is 5.85. The van der Waals surface area contributed by atoms with E-state index in [1.165, 1.54) is 22.5 Å². The first-order valence-corrected chi connectivity index (χ1v) is 7.38. The maximum atomic E-state index is 11.4. The first-order valence-electron chi connectivity index (χ1n) is 6.51. The Bertz CT molecular complexity index is 625. The average Bonchev–Trinajstić information content (AvgIpc) is 2.95. The summed E-state index contributed by atoms with van der Waals surface area (Å²) in [5, 5.41) is 2.34. The van der Waals surface area contributed by atoms with Gasteiger partial charge in [-0.25, -0.2) is 10.8 Å². The Labute approximate surface area is 121 Å². The first kappa shape index (κ1) is 13.2. The number of thiazole rings is 1. The minimum Gasteiger partial charge on any atom is -0.293 e. The van der Waals surface area contributed by atoms with Gasteiger partial charge in [-0.3, -0.25) is 15.1 Å². The van der Waals surface area contributed by atoms with E-state index in [1.54, 1.807) is 0 Å². The lowest BCUT2D eigenvalue weighted by atomic mass is 10.00. The molecule has 0 spiro atoms. The topological polar surface area (TPSA) is 71.2 Å². The third-order valence-electron chi connectivity index (χ3n) is 3.47. The Morgan fingerprint density at radius 2 is 2.20 bits per heavy atom. The summed E-state index contributed by atoms with van der Waals surface area (Å²) in [6.45, 7) is 2.72. The molecule has 2 aromatic rings. The number of fused-ring (bicyclic) bond motifs is 1. The van der Waals surface area contributed by atoms with E-state index < -0.39 is 0 Å². The highest BCUT2D eigenvalue weighted by Gasteiger charge is 2.17. The van der Waals surface area contributed by atoms with E-state index in [0.717, 1.165) is 31.7 Å². The van der Waals surface area contributed by atoms with Gasteiger partial charge in [-0.05, 0) is 17.5 Å². The number of aromatic nitrogens is 1. The first-order chi connectivity index (χ1) is 9.76. The second-order valence-electron chi connectivity index (χ2n) is 4.85. The van der Waals surface area contributed by atoms with Crippen LogP contribution in [0.25, 0.3) is 0 Å². The fourth-order valence-electron chi connectivity index (χ4n) is 2.46. The number of nitrogen functional groups attached to an aromatic ring is 1. The van der Waals surface area contributed by atoms with Crippen molar-refractivity contribution in [3.05, 3.63) is 51.5 Å². The molecule has 1 aromatic carbocycles. The molecule has 1 aliphatic rings. The monoisotopic (exact) mass is 288 g/mol. The van der Waals surface area contributed by atoms with Gasteiger partial charge in [0.2, 0.25) is 0 Å². The van der Waals surface area contributed by atoms with Gasteiger partial charge < -0.3 is 0 Å². The Morgan fingerprint density at radius 3 is 3.00 bits per heavy atom. The number of hydrogen-bond acceptors (Lipinski definition) is 5. The van der Waals surface area contributed by atoms with E-state index >= 15 is 0 Å². The van der Waals surface area contributed by atoms with Gasteiger partial charge in [0.15, 0.2) is 5.01 Å². The molecule has 0 saturated heterocycles. The molecule has 0 bridgehead atoms. The Kier molecular flexibility index (Phi) is 3.77. The zero-order chi connectivity index (χ0) is 13.9. The highest BCUT2D eigenvalue weighted by atomic mass is 32.1. The number of amides is 1. The van der Waals surface area contributed by atoms with Gasteiger partial charge in [-0.2, -0.15) is 0 Å². The Morgan fingerprint density at radius 1 is 1.40 bits per heavy atom. The molecule has 0 fully saturated rings. The Balaban J connectivity index is 1.68. The molecule has 1 amide bonds. The second-order valence-corrected chi connectivity index (χ2v) is 5.70. The molecular formula is C14H16N4OS. The molecule has 1 aromatic heterocycles. The molecule has 0 radical (unpaired) electrons. The van der Waals surface area contributed by atoms with Crippen LogP contribution in [0.4, 0.5) is 0 Å². The van der Waals surface area contributed by atoms with Crippen molar-refractivity contribution in [2.45, 2.75) is 19.5 Å². The van der Waals surface area contributed by atoms with Crippen molar-refractivity contribution >= 4 is 17.2 Å². The van der Waals surface area contributed by atoms with E-state index in [1.807, 2.05) is 5.38 Å². The number of nitrogens with one attached hydrogen (secondary N) is 1. The van der Waals surface area contributed by atoms with Crippen LogP contribution < -0.4 is 11.3 Å². The number of hydrogen-bond donors (Lipinski definition) is 2. The van der Waals surface area contributed by atoms with E-state index in [9.17, 15) is 4.79 Å². The molecule has 2 heterocycles. The van der Waals surface area contributed by atoms with Crippen molar-refractivity contribution in [3.8, 4) is 0 Å². The summed E-state index contributed by atoms with van der Waals surface area (Å²) in [7, 11) is 0. The number of carbonyl (C=O) groups is 1. The van der Waals surface area contributed by atoms with Crippen molar-refractivity contribution < 1.29 is 4.79 Å². The molecule has 6 heteroatoms. The summed E-state index contributed by atoms with van der Waals surface area (Å²) < 4.78 is 0. The van der Waals surface area contributed by atoms with Gasteiger partial charge in [-0.15, -0.1) is 11.3 Å². The molecule has 0 aliphatic carbocycles. The maximum absolute atomic E-state index is 11.4. The van der Waals surface area contributed by atoms with Crippen molar-refractivity contribution in [1.82, 2.24) is 15.3 Å². The third kappa shape index (κ3) is 2.72. The number of nitrogens with zero attached hydrogens (tertiary/aromatic N) is 2. The van der Waals surface area contributed by atoms with Crippen LogP contribution in [-0.2, 0) is 19.5 Å². The zero-order valence-corrected chi connectivity index (χ0v) is 11.8. The number of hydrazine groups is 1. The van der Waals surface area contributed by atoms with Crippen LogP contribution in [0.15, 0.2) is 29.6 Å². The number of benzene rings is 1. The van der Waals surface area contributed by atoms with Crippen molar-refractivity contribution in [2.24, 2.45) is 5.84 Å². The third-order valence-corrected chi connectivity index (χ3v) is 4.36. The lowest BCUT2D eigenvalue weighted by Crippen LogP contribution is -2.31. The van der Waals surface area contributed by atoms with Crippen molar-refractivity contribution in [1.29, 1.82) is 0 Å². The minimum absolute atomic E-state index is 0.328. The molecule has 5 nitrogen and oxygen atoms in total. The molecular weight excluding hydrogens is 272 g/mol. The van der Waals surface area contributed by atoms with Crippen LogP contribution in [0.2, 0.25) is 0 Å². The smallest absolute Gasteiger partial charge is 0.293 e. The number of nitrogens with two attached hydrogens (primary N) is 1. The fraction of sp³-hybridized carbons (Fsp3) is 0.286. The summed E-state index contributed by atoms with van der Waals surface area (Å²) in [6, 6.07) is 8.54. The summed E-state index contributed by atoms with van der Waals surface area (Å²) in [4.78, 5) is 18.0. The number of rotatable bonds is 3. The lowest BCUT2D eigenvalue weighted by Gasteiger charge is -2.27. The highest BCUT2D eigenvalue weighted by molar-refractivity contribution is 7.11. The predicted molar refractivity (Wildman–Crippen MR) is 78.0 cm³/mol. The molecule has 3 N–H and O–H groups in total. The molecule has 0 saturated carbocycles. The van der Waals surface area contributed by atoms with Gasteiger partial charge in [0.1, 0.15) is 0 Å². The molecule has 3 rings (SSSR count). The fourth-order valence-corrected chi connectivity index (χ4v) is 3.17. The second kappa shape index (κ2) is 5.70. The van der Waals surface area contributed by atoms with E-state index in [2.05, 4.69) is 39.6 Å². The molecule has 0 atom stereocenters. The van der Waals surface area contributed by atoms with Gasteiger partial charge in [0.05, 0.1) is 5.69 Å². The van der Waals surface area contributed by atoms with Gasteiger partial charge in [-0.1, -0.05) is 24.3 Å².